The molecule has 0 atom stereocenters. The van der Waals surface area contributed by atoms with Gasteiger partial charge in [-0.05, 0) is 24.1 Å². The van der Waals surface area contributed by atoms with Crippen LogP contribution in [-0.4, -0.2) is 48.2 Å². The second-order valence-corrected chi connectivity index (χ2v) is 7.01. The van der Waals surface area contributed by atoms with Gasteiger partial charge in [-0.3, -0.25) is 4.99 Å². The average molecular weight is 356 g/mol. The van der Waals surface area contributed by atoms with Crippen molar-refractivity contribution in [2.75, 3.05) is 33.9 Å². The van der Waals surface area contributed by atoms with E-state index in [0.29, 0.717) is 19.1 Å². The number of rotatable bonds is 10. The van der Waals surface area contributed by atoms with E-state index in [2.05, 4.69) is 27.3 Å². The average Bonchev–Trinajstić information content (AvgIpc) is 2.58. The predicted molar refractivity (Wildman–Crippen MR) is 96.6 cm³/mol. The van der Waals surface area contributed by atoms with Gasteiger partial charge in [0.2, 0.25) is 10.0 Å². The van der Waals surface area contributed by atoms with E-state index in [1.807, 2.05) is 6.07 Å². The number of methoxy groups -OCH3 is 1. The molecule has 0 aliphatic rings. The summed E-state index contributed by atoms with van der Waals surface area (Å²) in [6, 6.07) is 6.84. The van der Waals surface area contributed by atoms with Crippen molar-refractivity contribution in [1.82, 2.24) is 15.4 Å². The maximum atomic E-state index is 12.2. The number of hydrogen-bond donors (Lipinski definition) is 3. The van der Waals surface area contributed by atoms with E-state index in [0.717, 1.165) is 24.9 Å². The first-order valence-corrected chi connectivity index (χ1v) is 9.54. The van der Waals surface area contributed by atoms with Gasteiger partial charge in [-0.15, -0.1) is 0 Å². The fourth-order valence-electron chi connectivity index (χ4n) is 1.97. The van der Waals surface area contributed by atoms with Gasteiger partial charge < -0.3 is 15.4 Å². The van der Waals surface area contributed by atoms with E-state index < -0.39 is 10.0 Å². The second kappa shape index (κ2) is 11.0. The molecule has 0 radical (unpaired) electrons. The normalized spacial score (nSPS) is 12.2. The van der Waals surface area contributed by atoms with Crippen LogP contribution < -0.4 is 15.4 Å². The number of hydrogen-bond acceptors (Lipinski definition) is 4. The smallest absolute Gasteiger partial charge is 0.240 e. The van der Waals surface area contributed by atoms with Gasteiger partial charge >= 0.3 is 0 Å². The van der Waals surface area contributed by atoms with Crippen LogP contribution in [0.2, 0.25) is 0 Å². The minimum Gasteiger partial charge on any atom is -0.383 e. The first kappa shape index (κ1) is 20.4. The Labute approximate surface area is 145 Å². The first-order chi connectivity index (χ1) is 11.5. The highest BCUT2D eigenvalue weighted by Crippen LogP contribution is 2.11. The minimum atomic E-state index is -3.52. The van der Waals surface area contributed by atoms with Gasteiger partial charge in [0.05, 0.1) is 11.5 Å². The molecular weight excluding hydrogens is 328 g/mol. The van der Waals surface area contributed by atoms with Crippen molar-refractivity contribution < 1.29 is 13.2 Å². The van der Waals surface area contributed by atoms with Crippen molar-refractivity contribution >= 4 is 16.0 Å². The zero-order valence-corrected chi connectivity index (χ0v) is 15.4. The Kier molecular flexibility index (Phi) is 9.36. The van der Waals surface area contributed by atoms with E-state index >= 15 is 0 Å². The molecule has 0 amide bonds. The number of ether oxygens (including phenoxy) is 1. The third-order valence-corrected chi connectivity index (χ3v) is 4.77. The Morgan fingerprint density at radius 2 is 2.04 bits per heavy atom. The molecule has 0 aromatic heterocycles. The van der Waals surface area contributed by atoms with Crippen LogP contribution in [0.3, 0.4) is 0 Å². The largest absolute Gasteiger partial charge is 0.383 e. The van der Waals surface area contributed by atoms with E-state index in [-0.39, 0.29) is 11.4 Å². The molecule has 7 nitrogen and oxygen atoms in total. The summed E-state index contributed by atoms with van der Waals surface area (Å²) in [5, 5.41) is 6.39. The lowest BCUT2D eigenvalue weighted by atomic mass is 10.2. The summed E-state index contributed by atoms with van der Waals surface area (Å²) in [4.78, 5) is 4.39. The van der Waals surface area contributed by atoms with Gasteiger partial charge in [0.25, 0.3) is 0 Å². The number of nitrogens with one attached hydrogen (secondary N) is 3. The molecule has 0 bridgehead atoms. The quantitative estimate of drug-likeness (QED) is 0.331. The highest BCUT2D eigenvalue weighted by atomic mass is 32.2. The molecule has 0 aliphatic heterocycles. The molecule has 0 saturated heterocycles. The summed E-state index contributed by atoms with van der Waals surface area (Å²) in [5.74, 6) is 0.704. The van der Waals surface area contributed by atoms with E-state index in [1.165, 1.54) is 7.11 Å². The molecular formula is C16H28N4O3S. The van der Waals surface area contributed by atoms with Gasteiger partial charge in [0, 0.05) is 33.8 Å². The number of nitrogens with zero attached hydrogens (tertiary/aromatic N) is 1. The number of guanidine groups is 1. The van der Waals surface area contributed by atoms with Crippen molar-refractivity contribution in [2.24, 2.45) is 4.99 Å². The maximum absolute atomic E-state index is 12.2. The van der Waals surface area contributed by atoms with E-state index in [4.69, 9.17) is 4.74 Å². The first-order valence-electron chi connectivity index (χ1n) is 8.05. The van der Waals surface area contributed by atoms with Gasteiger partial charge in [-0.25, -0.2) is 13.1 Å². The highest BCUT2D eigenvalue weighted by molar-refractivity contribution is 7.89. The topological polar surface area (TPSA) is 91.8 Å². The van der Waals surface area contributed by atoms with Crippen LogP contribution in [0.1, 0.15) is 25.3 Å². The molecule has 0 fully saturated rings. The fraction of sp³-hybridized carbons (Fsp3) is 0.562. The summed E-state index contributed by atoms with van der Waals surface area (Å²) in [7, 11) is -0.280. The molecule has 0 unspecified atom stereocenters. The summed E-state index contributed by atoms with van der Waals surface area (Å²) in [6.07, 6.45) is 2.18. The van der Waals surface area contributed by atoms with Gasteiger partial charge in [-0.1, -0.05) is 25.5 Å². The second-order valence-electron chi connectivity index (χ2n) is 5.24. The Hall–Kier alpha value is -1.64. The number of sulfonamides is 1. The summed E-state index contributed by atoms with van der Waals surface area (Å²) in [5.41, 5.74) is 0.864. The van der Waals surface area contributed by atoms with Gasteiger partial charge in [-0.2, -0.15) is 0 Å². The molecule has 1 aromatic rings. The minimum absolute atomic E-state index is 0.242. The van der Waals surface area contributed by atoms with Crippen molar-refractivity contribution in [2.45, 2.75) is 31.2 Å². The molecule has 0 saturated carbocycles. The SMILES string of the molecule is CCCCNC(=NC)NCc1cccc(S(=O)(=O)NCCOC)c1. The fourth-order valence-corrected chi connectivity index (χ4v) is 3.06. The standard InChI is InChI=1S/C16H28N4O3S/c1-4-5-9-18-16(17-2)19-13-14-7-6-8-15(12-14)24(21,22)20-10-11-23-3/h6-8,12,20H,4-5,9-11,13H2,1-3H3,(H2,17,18,19). The zero-order valence-electron chi connectivity index (χ0n) is 14.6. The highest BCUT2D eigenvalue weighted by Gasteiger charge is 2.13. The Morgan fingerprint density at radius 3 is 2.71 bits per heavy atom. The molecule has 0 heterocycles. The van der Waals surface area contributed by atoms with Crippen LogP contribution in [0, 0.1) is 0 Å². The number of unbranched alkanes of at least 4 members (excludes halogenated alkanes) is 1. The Bertz CT molecular complexity index is 618. The van der Waals surface area contributed by atoms with Gasteiger partial charge in [0.1, 0.15) is 0 Å². The van der Waals surface area contributed by atoms with Crippen LogP contribution in [0.4, 0.5) is 0 Å². The summed E-state index contributed by atoms with van der Waals surface area (Å²) in [6.45, 7) is 4.06. The monoisotopic (exact) mass is 356 g/mol. The lowest BCUT2D eigenvalue weighted by Crippen LogP contribution is -2.37. The van der Waals surface area contributed by atoms with Crippen molar-refractivity contribution in [1.29, 1.82) is 0 Å². The van der Waals surface area contributed by atoms with E-state index in [9.17, 15) is 8.42 Å². The molecule has 3 N–H and O–H groups in total. The summed E-state index contributed by atoms with van der Waals surface area (Å²) >= 11 is 0. The lowest BCUT2D eigenvalue weighted by Gasteiger charge is -2.12. The lowest BCUT2D eigenvalue weighted by molar-refractivity contribution is 0.204. The summed E-state index contributed by atoms with van der Waals surface area (Å²) < 4.78 is 31.8. The third-order valence-electron chi connectivity index (χ3n) is 3.31. The molecule has 1 rings (SSSR count). The van der Waals surface area contributed by atoms with Crippen LogP contribution in [0.15, 0.2) is 34.2 Å². The number of aliphatic imine (C=N–C) groups is 1. The van der Waals surface area contributed by atoms with Crippen LogP contribution in [-0.2, 0) is 21.3 Å². The molecule has 24 heavy (non-hydrogen) atoms. The van der Waals surface area contributed by atoms with Crippen molar-refractivity contribution in [3.63, 3.8) is 0 Å². The molecule has 1 aromatic carbocycles. The Balaban J connectivity index is 2.64. The third kappa shape index (κ3) is 7.29. The van der Waals surface area contributed by atoms with Crippen LogP contribution >= 0.6 is 0 Å². The zero-order chi connectivity index (χ0) is 17.8. The molecule has 0 aliphatic carbocycles. The van der Waals surface area contributed by atoms with Crippen LogP contribution in [0.5, 0.6) is 0 Å². The molecule has 8 heteroatoms. The molecule has 136 valence electrons. The molecule has 0 spiro atoms. The maximum Gasteiger partial charge on any atom is 0.240 e. The van der Waals surface area contributed by atoms with E-state index in [1.54, 1.807) is 25.2 Å². The Morgan fingerprint density at radius 1 is 1.25 bits per heavy atom. The van der Waals surface area contributed by atoms with Gasteiger partial charge in [0.15, 0.2) is 5.96 Å². The predicted octanol–water partition coefficient (Wildman–Crippen LogP) is 1.08. The number of benzene rings is 1. The van der Waals surface area contributed by atoms with Crippen LogP contribution in [0.25, 0.3) is 0 Å². The van der Waals surface area contributed by atoms with Crippen molar-refractivity contribution in [3.8, 4) is 0 Å². The van der Waals surface area contributed by atoms with Crippen molar-refractivity contribution in [3.05, 3.63) is 29.8 Å².